The summed E-state index contributed by atoms with van der Waals surface area (Å²) in [5, 5.41) is 10.2. The molecule has 0 spiro atoms. The third-order valence-electron chi connectivity index (χ3n) is 3.17. The number of hydrogen-bond acceptors (Lipinski definition) is 5. The van der Waals surface area contributed by atoms with E-state index in [0.29, 0.717) is 18.6 Å². The fourth-order valence-corrected chi connectivity index (χ4v) is 2.08. The zero-order chi connectivity index (χ0) is 14.8. The summed E-state index contributed by atoms with van der Waals surface area (Å²) >= 11 is 0. The number of hydrogen-bond donors (Lipinski definition) is 1. The highest BCUT2D eigenvalue weighted by Crippen LogP contribution is 2.28. The van der Waals surface area contributed by atoms with Gasteiger partial charge < -0.3 is 14.5 Å². The van der Waals surface area contributed by atoms with E-state index in [9.17, 15) is 13.2 Å². The van der Waals surface area contributed by atoms with Crippen LogP contribution in [0, 0.1) is 17.5 Å². The van der Waals surface area contributed by atoms with Gasteiger partial charge in [0.25, 0.3) is 0 Å². The lowest BCUT2D eigenvalue weighted by atomic mass is 10.2. The molecule has 21 heavy (non-hydrogen) atoms. The fraction of sp³-hybridized carbons (Fsp3) is 0.385. The molecule has 1 atom stereocenters. The normalized spacial score (nSPS) is 18.1. The molecule has 0 bridgehead atoms. The van der Waals surface area contributed by atoms with Crippen molar-refractivity contribution in [2.24, 2.45) is 0 Å². The van der Waals surface area contributed by atoms with Crippen LogP contribution in [0.25, 0.3) is 0 Å². The highest BCUT2D eigenvalue weighted by molar-refractivity contribution is 5.26. The minimum absolute atomic E-state index is 0.0363. The van der Waals surface area contributed by atoms with Crippen LogP contribution in [0.5, 0.6) is 0 Å². The summed E-state index contributed by atoms with van der Waals surface area (Å²) in [5.74, 6) is -2.84. The van der Waals surface area contributed by atoms with Crippen LogP contribution >= 0.6 is 0 Å². The summed E-state index contributed by atoms with van der Waals surface area (Å²) in [4.78, 5) is 0. The van der Waals surface area contributed by atoms with Gasteiger partial charge in [-0.15, -0.1) is 5.10 Å². The first-order chi connectivity index (χ1) is 10.1. The van der Waals surface area contributed by atoms with Crippen LogP contribution in [0.1, 0.15) is 30.4 Å². The first kappa shape index (κ1) is 13.9. The van der Waals surface area contributed by atoms with Gasteiger partial charge in [-0.1, -0.05) is 5.10 Å². The Labute approximate surface area is 118 Å². The molecule has 0 amide bonds. The van der Waals surface area contributed by atoms with Crippen LogP contribution in [0.15, 0.2) is 16.5 Å². The van der Waals surface area contributed by atoms with Crippen molar-refractivity contribution in [3.05, 3.63) is 41.0 Å². The molecular formula is C13H12F3N3O2. The molecule has 1 aliphatic rings. The summed E-state index contributed by atoms with van der Waals surface area (Å²) < 4.78 is 50.0. The maximum absolute atomic E-state index is 13.5. The Hall–Kier alpha value is -2.09. The van der Waals surface area contributed by atoms with Gasteiger partial charge in [-0.05, 0) is 18.9 Å². The largest absolute Gasteiger partial charge is 0.405 e. The fourth-order valence-electron chi connectivity index (χ4n) is 2.08. The van der Waals surface area contributed by atoms with Crippen molar-refractivity contribution in [1.82, 2.24) is 10.2 Å². The van der Waals surface area contributed by atoms with E-state index in [4.69, 9.17) is 9.15 Å². The van der Waals surface area contributed by atoms with E-state index >= 15 is 0 Å². The number of nitrogens with one attached hydrogen (secondary N) is 1. The maximum Gasteiger partial charge on any atom is 0.315 e. The summed E-state index contributed by atoms with van der Waals surface area (Å²) in [6, 6.07) is 1.36. The minimum atomic E-state index is -1.23. The second kappa shape index (κ2) is 5.72. The Kier molecular flexibility index (Phi) is 3.78. The second-order valence-corrected chi connectivity index (χ2v) is 4.66. The lowest BCUT2D eigenvalue weighted by molar-refractivity contribution is 0.0897. The first-order valence-electron chi connectivity index (χ1n) is 6.46. The van der Waals surface area contributed by atoms with Gasteiger partial charge in [0.2, 0.25) is 5.89 Å². The Morgan fingerprint density at radius 2 is 1.95 bits per heavy atom. The summed E-state index contributed by atoms with van der Waals surface area (Å²) in [7, 11) is 0. The van der Waals surface area contributed by atoms with E-state index < -0.39 is 17.5 Å². The van der Waals surface area contributed by atoms with Gasteiger partial charge in [-0.2, -0.15) is 0 Å². The van der Waals surface area contributed by atoms with Crippen molar-refractivity contribution >= 4 is 6.01 Å². The van der Waals surface area contributed by atoms with Gasteiger partial charge in [0.05, 0.1) is 0 Å². The summed E-state index contributed by atoms with van der Waals surface area (Å²) in [5.41, 5.74) is -0.0363. The van der Waals surface area contributed by atoms with E-state index in [0.717, 1.165) is 18.9 Å². The Morgan fingerprint density at radius 1 is 1.14 bits per heavy atom. The number of ether oxygens (including phenoxy) is 1. The zero-order valence-electron chi connectivity index (χ0n) is 10.9. The van der Waals surface area contributed by atoms with E-state index in [1.807, 2.05) is 0 Å². The SMILES string of the molecule is Fc1cc(F)c(CNc2nnc([C@H]3CCCO3)o2)cc1F. The smallest absolute Gasteiger partial charge is 0.315 e. The second-order valence-electron chi connectivity index (χ2n) is 4.66. The summed E-state index contributed by atoms with van der Waals surface area (Å²) in [6.45, 7) is 0.548. The molecular weight excluding hydrogens is 287 g/mol. The number of halogens is 3. The third kappa shape index (κ3) is 2.99. The average Bonchev–Trinajstić information content (AvgIpc) is 3.11. The van der Waals surface area contributed by atoms with E-state index in [2.05, 4.69) is 15.5 Å². The number of anilines is 1. The Bertz CT molecular complexity index is 642. The highest BCUT2D eigenvalue weighted by atomic mass is 19.2. The van der Waals surface area contributed by atoms with Crippen LogP contribution in [0.2, 0.25) is 0 Å². The molecule has 8 heteroatoms. The van der Waals surface area contributed by atoms with Gasteiger partial charge in [-0.3, -0.25) is 0 Å². The maximum atomic E-state index is 13.5. The van der Waals surface area contributed by atoms with Gasteiger partial charge >= 0.3 is 6.01 Å². The van der Waals surface area contributed by atoms with Crippen molar-refractivity contribution in [2.75, 3.05) is 11.9 Å². The van der Waals surface area contributed by atoms with Crippen molar-refractivity contribution in [2.45, 2.75) is 25.5 Å². The van der Waals surface area contributed by atoms with Crippen LogP contribution in [0.3, 0.4) is 0 Å². The lowest BCUT2D eigenvalue weighted by Crippen LogP contribution is -2.04. The van der Waals surface area contributed by atoms with E-state index in [-0.39, 0.29) is 24.2 Å². The molecule has 5 nitrogen and oxygen atoms in total. The van der Waals surface area contributed by atoms with Crippen LogP contribution < -0.4 is 5.32 Å². The molecule has 2 heterocycles. The molecule has 1 saturated heterocycles. The van der Waals surface area contributed by atoms with Crippen LogP contribution in [-0.2, 0) is 11.3 Å². The van der Waals surface area contributed by atoms with Gasteiger partial charge in [0.1, 0.15) is 11.9 Å². The van der Waals surface area contributed by atoms with Crippen molar-refractivity contribution in [3.8, 4) is 0 Å². The molecule has 3 rings (SSSR count). The standard InChI is InChI=1S/C13H12F3N3O2/c14-8-5-10(16)9(15)4-7(8)6-17-13-19-18-12(21-13)11-2-1-3-20-11/h4-5,11H,1-3,6H2,(H,17,19)/t11-/m1/s1. The lowest BCUT2D eigenvalue weighted by Gasteiger charge is -2.05. The molecule has 0 aliphatic carbocycles. The molecule has 1 aromatic carbocycles. The average molecular weight is 299 g/mol. The van der Waals surface area contributed by atoms with Gasteiger partial charge in [0, 0.05) is 24.8 Å². The summed E-state index contributed by atoms with van der Waals surface area (Å²) in [6.07, 6.45) is 1.52. The third-order valence-corrected chi connectivity index (χ3v) is 3.17. The van der Waals surface area contributed by atoms with Crippen molar-refractivity contribution < 1.29 is 22.3 Å². The predicted molar refractivity (Wildman–Crippen MR) is 65.9 cm³/mol. The topological polar surface area (TPSA) is 60.2 Å². The molecule has 112 valence electrons. The first-order valence-corrected chi connectivity index (χ1v) is 6.46. The predicted octanol–water partition coefficient (Wildman–Crippen LogP) is 2.95. The zero-order valence-corrected chi connectivity index (χ0v) is 10.9. The van der Waals surface area contributed by atoms with Gasteiger partial charge in [0.15, 0.2) is 11.6 Å². The molecule has 0 unspecified atom stereocenters. The molecule has 1 aliphatic heterocycles. The van der Waals surface area contributed by atoms with Gasteiger partial charge in [-0.25, -0.2) is 13.2 Å². The molecule has 1 aromatic heterocycles. The molecule has 1 N–H and O–H groups in total. The van der Waals surface area contributed by atoms with E-state index in [1.54, 1.807) is 0 Å². The number of benzene rings is 1. The van der Waals surface area contributed by atoms with Crippen LogP contribution in [-0.4, -0.2) is 16.8 Å². The Morgan fingerprint density at radius 3 is 2.71 bits per heavy atom. The minimum Gasteiger partial charge on any atom is -0.405 e. The number of aromatic nitrogens is 2. The molecule has 2 aromatic rings. The number of nitrogens with zero attached hydrogens (tertiary/aromatic N) is 2. The van der Waals surface area contributed by atoms with Crippen molar-refractivity contribution in [1.29, 1.82) is 0 Å². The molecule has 0 radical (unpaired) electrons. The van der Waals surface area contributed by atoms with E-state index in [1.165, 1.54) is 0 Å². The van der Waals surface area contributed by atoms with Crippen LogP contribution in [0.4, 0.5) is 19.2 Å². The number of rotatable bonds is 4. The monoisotopic (exact) mass is 299 g/mol. The quantitative estimate of drug-likeness (QED) is 0.880. The highest BCUT2D eigenvalue weighted by Gasteiger charge is 2.23. The Balaban J connectivity index is 1.66. The molecule has 1 fully saturated rings. The molecule has 0 saturated carbocycles. The van der Waals surface area contributed by atoms with Crippen molar-refractivity contribution in [3.63, 3.8) is 0 Å².